The van der Waals surface area contributed by atoms with Crippen molar-refractivity contribution >= 4 is 5.91 Å². The van der Waals surface area contributed by atoms with Crippen molar-refractivity contribution in [2.45, 2.75) is 32.1 Å². The number of fused-ring (bicyclic) bond motifs is 1. The number of aryl methyl sites for hydroxylation is 3. The average molecular weight is 340 g/mol. The lowest BCUT2D eigenvalue weighted by Gasteiger charge is -2.16. The number of carbonyl (C=O) groups is 1. The molecule has 0 saturated heterocycles. The first-order valence-electron chi connectivity index (χ1n) is 9.14. The molecular formula is C20H28N4O. The first-order valence-corrected chi connectivity index (χ1v) is 9.14. The van der Waals surface area contributed by atoms with Gasteiger partial charge in [-0.3, -0.25) is 9.48 Å². The number of rotatable bonds is 6. The van der Waals surface area contributed by atoms with Crippen molar-refractivity contribution in [1.29, 1.82) is 0 Å². The summed E-state index contributed by atoms with van der Waals surface area (Å²) >= 11 is 0. The van der Waals surface area contributed by atoms with E-state index in [4.69, 9.17) is 0 Å². The van der Waals surface area contributed by atoms with E-state index < -0.39 is 0 Å². The Morgan fingerprint density at radius 3 is 2.72 bits per heavy atom. The van der Waals surface area contributed by atoms with Gasteiger partial charge in [-0.1, -0.05) is 12.1 Å². The number of amides is 1. The number of hydrogen-bond donors (Lipinski definition) is 1. The molecule has 5 heteroatoms. The second-order valence-corrected chi connectivity index (χ2v) is 7.14. The van der Waals surface area contributed by atoms with Crippen LogP contribution in [0.2, 0.25) is 0 Å². The monoisotopic (exact) mass is 340 g/mol. The number of aromatic nitrogens is 2. The van der Waals surface area contributed by atoms with E-state index >= 15 is 0 Å². The topological polar surface area (TPSA) is 50.2 Å². The number of hydrogen-bond acceptors (Lipinski definition) is 3. The van der Waals surface area contributed by atoms with Crippen molar-refractivity contribution in [1.82, 2.24) is 20.0 Å². The molecule has 134 valence electrons. The largest absolute Gasteiger partial charge is 0.351 e. The van der Waals surface area contributed by atoms with Crippen LogP contribution in [-0.2, 0) is 19.9 Å². The molecule has 1 heterocycles. The van der Waals surface area contributed by atoms with Gasteiger partial charge in [-0.15, -0.1) is 0 Å². The van der Waals surface area contributed by atoms with Gasteiger partial charge in [0.25, 0.3) is 5.91 Å². The van der Waals surface area contributed by atoms with Gasteiger partial charge in [0, 0.05) is 19.2 Å². The Bertz CT molecular complexity index is 748. The maximum Gasteiger partial charge on any atom is 0.271 e. The van der Waals surface area contributed by atoms with E-state index in [1.165, 1.54) is 30.4 Å². The highest BCUT2D eigenvalue weighted by Crippen LogP contribution is 2.27. The molecule has 25 heavy (non-hydrogen) atoms. The Morgan fingerprint density at radius 1 is 1.20 bits per heavy atom. The van der Waals surface area contributed by atoms with E-state index in [0.717, 1.165) is 30.6 Å². The third kappa shape index (κ3) is 4.28. The van der Waals surface area contributed by atoms with Crippen LogP contribution >= 0.6 is 0 Å². The van der Waals surface area contributed by atoms with Crippen molar-refractivity contribution in [3.63, 3.8) is 0 Å². The fourth-order valence-corrected chi connectivity index (χ4v) is 3.43. The van der Waals surface area contributed by atoms with Crippen LogP contribution in [0.3, 0.4) is 0 Å². The first kappa shape index (κ1) is 17.7. The lowest BCUT2D eigenvalue weighted by Crippen LogP contribution is -2.27. The highest BCUT2D eigenvalue weighted by Gasteiger charge is 2.16. The first-order chi connectivity index (χ1) is 12.0. The summed E-state index contributed by atoms with van der Waals surface area (Å²) in [6.07, 6.45) is 5.82. The number of carbonyl (C=O) groups excluding carboxylic acids is 1. The lowest BCUT2D eigenvalue weighted by atomic mass is 9.90. The van der Waals surface area contributed by atoms with Crippen LogP contribution in [0.5, 0.6) is 0 Å². The van der Waals surface area contributed by atoms with E-state index in [-0.39, 0.29) is 5.91 Å². The molecule has 0 spiro atoms. The molecule has 1 N–H and O–H groups in total. The molecular weight excluding hydrogens is 312 g/mol. The van der Waals surface area contributed by atoms with Crippen LogP contribution in [0.1, 0.15) is 40.9 Å². The summed E-state index contributed by atoms with van der Waals surface area (Å²) in [7, 11) is 5.97. The van der Waals surface area contributed by atoms with Gasteiger partial charge < -0.3 is 10.2 Å². The van der Waals surface area contributed by atoms with Crippen LogP contribution < -0.4 is 5.32 Å². The van der Waals surface area contributed by atoms with Gasteiger partial charge in [0.2, 0.25) is 0 Å². The SMILES string of the molecule is CN(C)CCCNC(=O)c1cc(-c2ccc3c(c2)CCCC3)n(C)n1. The number of benzene rings is 1. The van der Waals surface area contributed by atoms with Crippen molar-refractivity contribution in [2.75, 3.05) is 27.2 Å². The third-order valence-electron chi connectivity index (χ3n) is 4.82. The van der Waals surface area contributed by atoms with Crippen molar-refractivity contribution in [3.05, 3.63) is 41.1 Å². The zero-order chi connectivity index (χ0) is 17.8. The molecule has 2 aromatic rings. The zero-order valence-corrected chi connectivity index (χ0v) is 15.5. The third-order valence-corrected chi connectivity index (χ3v) is 4.82. The van der Waals surface area contributed by atoms with Crippen LogP contribution in [-0.4, -0.2) is 47.8 Å². The molecule has 0 saturated carbocycles. The van der Waals surface area contributed by atoms with Gasteiger partial charge in [-0.25, -0.2) is 0 Å². The molecule has 3 rings (SSSR count). The summed E-state index contributed by atoms with van der Waals surface area (Å²) < 4.78 is 1.80. The van der Waals surface area contributed by atoms with Crippen LogP contribution in [0, 0.1) is 0 Å². The molecule has 1 amide bonds. The maximum atomic E-state index is 12.3. The van der Waals surface area contributed by atoms with E-state index in [0.29, 0.717) is 12.2 Å². The summed E-state index contributed by atoms with van der Waals surface area (Å²) in [6, 6.07) is 8.55. The van der Waals surface area contributed by atoms with Gasteiger partial charge in [0.1, 0.15) is 0 Å². The molecule has 1 aliphatic rings. The smallest absolute Gasteiger partial charge is 0.271 e. The highest BCUT2D eigenvalue weighted by atomic mass is 16.1. The minimum atomic E-state index is -0.0985. The fourth-order valence-electron chi connectivity index (χ4n) is 3.43. The molecule has 0 bridgehead atoms. The predicted octanol–water partition coefficient (Wildman–Crippen LogP) is 2.65. The van der Waals surface area contributed by atoms with Gasteiger partial charge >= 0.3 is 0 Å². The molecule has 0 radical (unpaired) electrons. The molecule has 0 unspecified atom stereocenters. The van der Waals surface area contributed by atoms with Gasteiger partial charge in [0.15, 0.2) is 5.69 Å². The van der Waals surface area contributed by atoms with Crippen molar-refractivity contribution in [3.8, 4) is 11.3 Å². The molecule has 0 aliphatic heterocycles. The van der Waals surface area contributed by atoms with Crippen molar-refractivity contribution in [2.24, 2.45) is 7.05 Å². The number of nitrogens with zero attached hydrogens (tertiary/aromatic N) is 3. The summed E-state index contributed by atoms with van der Waals surface area (Å²) in [5, 5.41) is 7.36. The lowest BCUT2D eigenvalue weighted by molar-refractivity contribution is 0.0946. The Morgan fingerprint density at radius 2 is 1.96 bits per heavy atom. The summed E-state index contributed by atoms with van der Waals surface area (Å²) in [6.45, 7) is 1.63. The van der Waals surface area contributed by atoms with Crippen molar-refractivity contribution < 1.29 is 4.79 Å². The molecule has 1 aromatic carbocycles. The standard InChI is InChI=1S/C20H28N4O/c1-23(2)12-6-11-21-20(25)18-14-19(24(3)22-18)17-10-9-15-7-4-5-8-16(15)13-17/h9-10,13-14H,4-8,11-12H2,1-3H3,(H,21,25). The van der Waals surface area contributed by atoms with E-state index in [2.05, 4.69) is 33.5 Å². The minimum absolute atomic E-state index is 0.0985. The highest BCUT2D eigenvalue weighted by molar-refractivity contribution is 5.93. The van der Waals surface area contributed by atoms with E-state index in [1.807, 2.05) is 27.2 Å². The van der Waals surface area contributed by atoms with E-state index in [1.54, 1.807) is 4.68 Å². The van der Waals surface area contributed by atoms with Gasteiger partial charge in [-0.2, -0.15) is 5.10 Å². The normalized spacial score (nSPS) is 13.8. The van der Waals surface area contributed by atoms with Gasteiger partial charge in [-0.05, 0) is 76.0 Å². The summed E-state index contributed by atoms with van der Waals surface area (Å²) in [5.74, 6) is -0.0985. The molecule has 0 fully saturated rings. The van der Waals surface area contributed by atoms with Crippen LogP contribution in [0.4, 0.5) is 0 Å². The van der Waals surface area contributed by atoms with Crippen LogP contribution in [0.25, 0.3) is 11.3 Å². The zero-order valence-electron chi connectivity index (χ0n) is 15.5. The molecule has 1 aliphatic carbocycles. The minimum Gasteiger partial charge on any atom is -0.351 e. The fraction of sp³-hybridized carbons (Fsp3) is 0.500. The molecule has 0 atom stereocenters. The molecule has 1 aromatic heterocycles. The number of nitrogens with one attached hydrogen (secondary N) is 1. The quantitative estimate of drug-likeness (QED) is 0.823. The maximum absolute atomic E-state index is 12.3. The average Bonchev–Trinajstić information content (AvgIpc) is 3.00. The van der Waals surface area contributed by atoms with E-state index in [9.17, 15) is 4.79 Å². The van der Waals surface area contributed by atoms with Crippen LogP contribution in [0.15, 0.2) is 24.3 Å². The molecule has 5 nitrogen and oxygen atoms in total. The summed E-state index contributed by atoms with van der Waals surface area (Å²) in [4.78, 5) is 14.4. The second-order valence-electron chi connectivity index (χ2n) is 7.14. The second kappa shape index (κ2) is 7.83. The Labute approximate surface area is 150 Å². The Balaban J connectivity index is 1.71. The Hall–Kier alpha value is -2.14. The van der Waals surface area contributed by atoms with Gasteiger partial charge in [0.05, 0.1) is 5.69 Å². The Kier molecular flexibility index (Phi) is 5.53. The summed E-state index contributed by atoms with van der Waals surface area (Å²) in [5.41, 5.74) is 5.53. The predicted molar refractivity (Wildman–Crippen MR) is 101 cm³/mol.